The van der Waals surface area contributed by atoms with Gasteiger partial charge in [-0.1, -0.05) is 0 Å². The second kappa shape index (κ2) is 4.81. The first-order valence-corrected chi connectivity index (χ1v) is 5.87. The van der Waals surface area contributed by atoms with Crippen molar-refractivity contribution in [3.63, 3.8) is 0 Å². The summed E-state index contributed by atoms with van der Waals surface area (Å²) in [5.74, 6) is 0.133. The molecule has 0 aliphatic carbocycles. The van der Waals surface area contributed by atoms with E-state index in [-0.39, 0.29) is 17.3 Å². The van der Waals surface area contributed by atoms with Crippen molar-refractivity contribution in [2.75, 3.05) is 7.11 Å². The number of carbonyl (C=O) groups is 1. The molecule has 1 N–H and O–H groups in total. The Hall–Kier alpha value is -1.82. The van der Waals surface area contributed by atoms with Crippen LogP contribution in [0.25, 0.3) is 11.5 Å². The molecule has 0 unspecified atom stereocenters. The minimum absolute atomic E-state index is 0.0723. The third-order valence-electron chi connectivity index (χ3n) is 2.40. The molecule has 0 aliphatic rings. The summed E-state index contributed by atoms with van der Waals surface area (Å²) < 4.78 is 11.2. The van der Waals surface area contributed by atoms with Crippen LogP contribution in [0.4, 0.5) is 0 Å². The van der Waals surface area contributed by atoms with Crippen LogP contribution < -0.4 is 4.74 Å². The number of oxazole rings is 1. The van der Waals surface area contributed by atoms with Crippen LogP contribution in [-0.2, 0) is 0 Å². The summed E-state index contributed by atoms with van der Waals surface area (Å²) in [6.07, 6.45) is 0. The average molecular weight is 312 g/mol. The smallest absolute Gasteiger partial charge is 0.358 e. The maximum absolute atomic E-state index is 10.9. The third kappa shape index (κ3) is 2.24. The van der Waals surface area contributed by atoms with Gasteiger partial charge in [-0.05, 0) is 41.1 Å². The van der Waals surface area contributed by atoms with Crippen molar-refractivity contribution in [2.24, 2.45) is 0 Å². The number of nitrogens with zero attached hydrogens (tertiary/aromatic N) is 1. The van der Waals surface area contributed by atoms with E-state index in [0.717, 1.165) is 4.47 Å². The largest absolute Gasteiger partial charge is 0.496 e. The van der Waals surface area contributed by atoms with Crippen molar-refractivity contribution in [1.82, 2.24) is 4.98 Å². The predicted octanol–water partition coefficient (Wildman–Crippen LogP) is 3.12. The van der Waals surface area contributed by atoms with Gasteiger partial charge in [0.1, 0.15) is 11.5 Å². The molecule has 2 aromatic rings. The highest BCUT2D eigenvalue weighted by Gasteiger charge is 2.17. The summed E-state index contributed by atoms with van der Waals surface area (Å²) in [6, 6.07) is 5.26. The Kier molecular flexibility index (Phi) is 3.38. The van der Waals surface area contributed by atoms with E-state index >= 15 is 0 Å². The van der Waals surface area contributed by atoms with E-state index in [4.69, 9.17) is 14.3 Å². The lowest BCUT2D eigenvalue weighted by molar-refractivity contribution is 0.0689. The van der Waals surface area contributed by atoms with E-state index in [1.165, 1.54) is 0 Å². The first kappa shape index (κ1) is 12.6. The lowest BCUT2D eigenvalue weighted by Gasteiger charge is -2.03. The highest BCUT2D eigenvalue weighted by molar-refractivity contribution is 9.10. The van der Waals surface area contributed by atoms with Crippen LogP contribution in [0.1, 0.15) is 16.2 Å². The van der Waals surface area contributed by atoms with Gasteiger partial charge >= 0.3 is 5.97 Å². The van der Waals surface area contributed by atoms with Gasteiger partial charge in [-0.15, -0.1) is 0 Å². The Labute approximate surface area is 112 Å². The summed E-state index contributed by atoms with van der Waals surface area (Å²) in [4.78, 5) is 14.8. The second-order valence-electron chi connectivity index (χ2n) is 3.58. The normalized spacial score (nSPS) is 10.4. The van der Waals surface area contributed by atoms with E-state index in [2.05, 4.69) is 20.9 Å². The van der Waals surface area contributed by atoms with E-state index in [9.17, 15) is 4.79 Å². The number of aromatic carboxylic acids is 1. The van der Waals surface area contributed by atoms with Crippen molar-refractivity contribution >= 4 is 21.9 Å². The van der Waals surface area contributed by atoms with Crippen LogP contribution in [-0.4, -0.2) is 23.2 Å². The Bertz CT molecular complexity index is 606. The fourth-order valence-electron chi connectivity index (χ4n) is 1.52. The molecule has 6 heteroatoms. The van der Waals surface area contributed by atoms with Gasteiger partial charge in [0.2, 0.25) is 5.89 Å². The minimum atomic E-state index is -1.10. The minimum Gasteiger partial charge on any atom is -0.496 e. The molecule has 0 fully saturated rings. The van der Waals surface area contributed by atoms with Crippen LogP contribution in [0.5, 0.6) is 5.75 Å². The maximum atomic E-state index is 10.9. The van der Waals surface area contributed by atoms with Gasteiger partial charge in [-0.2, -0.15) is 0 Å². The molecule has 18 heavy (non-hydrogen) atoms. The van der Waals surface area contributed by atoms with Crippen molar-refractivity contribution < 1.29 is 19.1 Å². The molecule has 1 heterocycles. The Morgan fingerprint density at radius 3 is 2.72 bits per heavy atom. The second-order valence-corrected chi connectivity index (χ2v) is 4.43. The number of halogens is 1. The zero-order valence-electron chi connectivity index (χ0n) is 9.73. The average Bonchev–Trinajstić information content (AvgIpc) is 2.71. The number of benzene rings is 1. The zero-order chi connectivity index (χ0) is 13.3. The number of methoxy groups -OCH3 is 1. The number of carboxylic acid groups (broad SMARTS) is 1. The number of aryl methyl sites for hydroxylation is 1. The molecule has 0 saturated carbocycles. The molecule has 94 valence electrons. The van der Waals surface area contributed by atoms with Crippen molar-refractivity contribution in [1.29, 1.82) is 0 Å². The predicted molar refractivity (Wildman–Crippen MR) is 67.9 cm³/mol. The van der Waals surface area contributed by atoms with E-state index in [1.807, 2.05) is 0 Å². The van der Waals surface area contributed by atoms with Gasteiger partial charge < -0.3 is 14.3 Å². The van der Waals surface area contributed by atoms with Gasteiger partial charge in [0, 0.05) is 5.56 Å². The summed E-state index contributed by atoms with van der Waals surface area (Å²) >= 11 is 3.35. The SMILES string of the molecule is COc1ccc(-c2nc(C(=O)O)c(C)o2)cc1Br. The number of rotatable bonds is 3. The topological polar surface area (TPSA) is 72.6 Å². The summed E-state index contributed by atoms with van der Waals surface area (Å²) in [7, 11) is 1.57. The summed E-state index contributed by atoms with van der Waals surface area (Å²) in [5, 5.41) is 8.91. The lowest BCUT2D eigenvalue weighted by atomic mass is 10.2. The lowest BCUT2D eigenvalue weighted by Crippen LogP contribution is -1.98. The Morgan fingerprint density at radius 1 is 1.50 bits per heavy atom. The molecule has 0 radical (unpaired) electrons. The van der Waals surface area contributed by atoms with Crippen molar-refractivity contribution in [2.45, 2.75) is 6.92 Å². The highest BCUT2D eigenvalue weighted by atomic mass is 79.9. The summed E-state index contributed by atoms with van der Waals surface area (Å²) in [6.45, 7) is 1.57. The number of ether oxygens (including phenoxy) is 1. The highest BCUT2D eigenvalue weighted by Crippen LogP contribution is 2.30. The third-order valence-corrected chi connectivity index (χ3v) is 3.02. The first-order chi connectivity index (χ1) is 8.52. The van der Waals surface area contributed by atoms with Crippen LogP contribution in [0.2, 0.25) is 0 Å². The number of aromatic nitrogens is 1. The molecular weight excluding hydrogens is 302 g/mol. The summed E-state index contributed by atoms with van der Waals surface area (Å²) in [5.41, 5.74) is 0.607. The van der Waals surface area contributed by atoms with E-state index in [0.29, 0.717) is 11.3 Å². The molecule has 2 rings (SSSR count). The molecule has 1 aromatic carbocycles. The van der Waals surface area contributed by atoms with Gasteiger partial charge in [-0.25, -0.2) is 9.78 Å². The quantitative estimate of drug-likeness (QED) is 0.942. The standard InChI is InChI=1S/C12H10BrNO4/c1-6-10(12(15)16)14-11(18-6)7-3-4-9(17-2)8(13)5-7/h3-5H,1-2H3,(H,15,16). The Balaban J connectivity index is 2.46. The number of hydrogen-bond acceptors (Lipinski definition) is 4. The maximum Gasteiger partial charge on any atom is 0.358 e. The number of carboxylic acids is 1. The van der Waals surface area contributed by atoms with Gasteiger partial charge in [0.15, 0.2) is 5.69 Å². The molecule has 0 aliphatic heterocycles. The molecular formula is C12H10BrNO4. The molecule has 0 bridgehead atoms. The van der Waals surface area contributed by atoms with Gasteiger partial charge in [0.05, 0.1) is 11.6 Å². The zero-order valence-corrected chi connectivity index (χ0v) is 11.3. The molecule has 0 amide bonds. The van der Waals surface area contributed by atoms with Crippen molar-refractivity contribution in [3.05, 3.63) is 34.1 Å². The monoisotopic (exact) mass is 311 g/mol. The van der Waals surface area contributed by atoms with E-state index in [1.54, 1.807) is 32.2 Å². The first-order valence-electron chi connectivity index (χ1n) is 5.07. The van der Waals surface area contributed by atoms with Crippen LogP contribution in [0.15, 0.2) is 27.1 Å². The fraction of sp³-hybridized carbons (Fsp3) is 0.167. The van der Waals surface area contributed by atoms with Crippen LogP contribution in [0.3, 0.4) is 0 Å². The Morgan fingerprint density at radius 2 is 2.22 bits per heavy atom. The van der Waals surface area contributed by atoms with Crippen molar-refractivity contribution in [3.8, 4) is 17.2 Å². The van der Waals surface area contributed by atoms with Gasteiger partial charge in [0.25, 0.3) is 0 Å². The molecule has 5 nitrogen and oxygen atoms in total. The van der Waals surface area contributed by atoms with Crippen LogP contribution in [0, 0.1) is 6.92 Å². The molecule has 0 saturated heterocycles. The number of hydrogen-bond donors (Lipinski definition) is 1. The van der Waals surface area contributed by atoms with Crippen LogP contribution >= 0.6 is 15.9 Å². The molecule has 1 aromatic heterocycles. The molecule has 0 spiro atoms. The molecule has 0 atom stereocenters. The van der Waals surface area contributed by atoms with E-state index < -0.39 is 5.97 Å². The fourth-order valence-corrected chi connectivity index (χ4v) is 2.06. The van der Waals surface area contributed by atoms with Gasteiger partial charge in [-0.3, -0.25) is 0 Å².